The first-order chi connectivity index (χ1) is 13.9. The first-order valence-corrected chi connectivity index (χ1v) is 9.33. The zero-order valence-electron chi connectivity index (χ0n) is 16.1. The second kappa shape index (κ2) is 7.38. The fourth-order valence-corrected chi connectivity index (χ4v) is 2.96. The zero-order valence-corrected chi connectivity index (χ0v) is 16.1. The lowest BCUT2D eigenvalue weighted by molar-refractivity contribution is -0.385. The summed E-state index contributed by atoms with van der Waals surface area (Å²) in [5.41, 5.74) is 2.36. The monoisotopic (exact) mass is 392 g/mol. The number of nitrogens with one attached hydrogen (secondary N) is 1. The number of carbonyl (C=O) groups excluding carboxylic acids is 1. The smallest absolute Gasteiger partial charge is 0.311 e. The van der Waals surface area contributed by atoms with Gasteiger partial charge < -0.3 is 10.1 Å². The number of benzene rings is 2. The van der Waals surface area contributed by atoms with Crippen LogP contribution in [0.1, 0.15) is 34.5 Å². The highest BCUT2D eigenvalue weighted by Crippen LogP contribution is 2.35. The Balaban J connectivity index is 1.80. The van der Waals surface area contributed by atoms with Gasteiger partial charge in [0.05, 0.1) is 10.6 Å². The van der Waals surface area contributed by atoms with Gasteiger partial charge in [0.1, 0.15) is 0 Å². The van der Waals surface area contributed by atoms with Crippen molar-refractivity contribution in [2.75, 3.05) is 0 Å². The van der Waals surface area contributed by atoms with Crippen LogP contribution in [-0.2, 0) is 0 Å². The van der Waals surface area contributed by atoms with Crippen LogP contribution in [0, 0.1) is 24.0 Å². The van der Waals surface area contributed by atoms with Crippen LogP contribution in [0.4, 0.5) is 5.69 Å². The molecule has 29 heavy (non-hydrogen) atoms. The zero-order chi connectivity index (χ0) is 20.5. The van der Waals surface area contributed by atoms with Crippen molar-refractivity contribution in [3.63, 3.8) is 0 Å². The van der Waals surface area contributed by atoms with Gasteiger partial charge in [0, 0.05) is 17.7 Å². The van der Waals surface area contributed by atoms with E-state index in [1.165, 1.54) is 16.8 Å². The van der Waals surface area contributed by atoms with Crippen molar-refractivity contribution >= 4 is 11.6 Å². The van der Waals surface area contributed by atoms with Gasteiger partial charge in [0.15, 0.2) is 5.69 Å². The minimum Gasteiger partial charge on any atom is -0.431 e. The fraction of sp³-hybridized carbons (Fsp3) is 0.238. The second-order valence-electron chi connectivity index (χ2n) is 7.10. The fourth-order valence-electron chi connectivity index (χ4n) is 2.96. The number of hydrogen-bond acceptors (Lipinski definition) is 5. The Kier molecular flexibility index (Phi) is 4.75. The van der Waals surface area contributed by atoms with Crippen molar-refractivity contribution in [1.29, 1.82) is 0 Å². The molecule has 1 heterocycles. The van der Waals surface area contributed by atoms with Crippen molar-refractivity contribution in [3.05, 3.63) is 75.5 Å². The van der Waals surface area contributed by atoms with Crippen LogP contribution < -0.4 is 10.1 Å². The number of nitrogens with zero attached hydrogens (tertiary/aromatic N) is 3. The number of aromatic nitrogens is 2. The summed E-state index contributed by atoms with van der Waals surface area (Å²) in [6.07, 6.45) is 1.92. The third kappa shape index (κ3) is 3.82. The third-order valence-corrected chi connectivity index (χ3v) is 4.74. The van der Waals surface area contributed by atoms with Gasteiger partial charge in [-0.2, -0.15) is 9.78 Å². The normalized spacial score (nSPS) is 13.2. The standard InChI is InChI=1S/C21H20N4O4/c1-13-7-11-16(12-8-13)24-21(29-18-6-4-3-5-17(18)25(27)28)14(2)19(23-24)20(26)22-15-9-10-15/h3-8,11-12,15H,9-10H2,1-2H3,(H,22,26). The quantitative estimate of drug-likeness (QED) is 0.503. The molecule has 3 aromatic rings. The molecule has 1 amide bonds. The molecule has 0 aliphatic heterocycles. The maximum Gasteiger partial charge on any atom is 0.311 e. The molecule has 0 saturated heterocycles. The highest BCUT2D eigenvalue weighted by molar-refractivity contribution is 5.94. The molecule has 0 bridgehead atoms. The maximum atomic E-state index is 12.6. The van der Waals surface area contributed by atoms with Crippen LogP contribution in [0.3, 0.4) is 0 Å². The Morgan fingerprint density at radius 2 is 1.86 bits per heavy atom. The maximum absolute atomic E-state index is 12.6. The van der Waals surface area contributed by atoms with Gasteiger partial charge in [0.2, 0.25) is 11.6 Å². The van der Waals surface area contributed by atoms with Gasteiger partial charge in [-0.15, -0.1) is 0 Å². The molecular weight excluding hydrogens is 372 g/mol. The van der Waals surface area contributed by atoms with Gasteiger partial charge in [-0.1, -0.05) is 29.8 Å². The Morgan fingerprint density at radius 3 is 2.52 bits per heavy atom. The highest BCUT2D eigenvalue weighted by atomic mass is 16.6. The number of amides is 1. The first kappa shape index (κ1) is 18.7. The molecular formula is C21H20N4O4. The van der Waals surface area contributed by atoms with Gasteiger partial charge in [0.25, 0.3) is 5.91 Å². The number of ether oxygens (including phenoxy) is 1. The van der Waals surface area contributed by atoms with Crippen molar-refractivity contribution < 1.29 is 14.5 Å². The molecule has 8 heteroatoms. The average Bonchev–Trinajstić information content (AvgIpc) is 3.46. The van der Waals surface area contributed by atoms with Crippen molar-refractivity contribution in [2.45, 2.75) is 32.7 Å². The lowest BCUT2D eigenvalue weighted by atomic mass is 10.2. The third-order valence-electron chi connectivity index (χ3n) is 4.74. The summed E-state index contributed by atoms with van der Waals surface area (Å²) >= 11 is 0. The van der Waals surface area contributed by atoms with Crippen LogP contribution >= 0.6 is 0 Å². The highest BCUT2D eigenvalue weighted by Gasteiger charge is 2.29. The van der Waals surface area contributed by atoms with Gasteiger partial charge in [-0.05, 0) is 44.9 Å². The Hall–Kier alpha value is -3.68. The summed E-state index contributed by atoms with van der Waals surface area (Å²) in [4.78, 5) is 23.5. The predicted octanol–water partition coefficient (Wildman–Crippen LogP) is 4.08. The Labute approximate surface area is 167 Å². The summed E-state index contributed by atoms with van der Waals surface area (Å²) < 4.78 is 7.45. The van der Waals surface area contributed by atoms with Gasteiger partial charge >= 0.3 is 5.69 Å². The number of nitro benzene ring substituents is 1. The lowest BCUT2D eigenvalue weighted by Crippen LogP contribution is -2.26. The van der Waals surface area contributed by atoms with Crippen LogP contribution in [0.15, 0.2) is 48.5 Å². The molecule has 1 fully saturated rings. The largest absolute Gasteiger partial charge is 0.431 e. The minimum absolute atomic E-state index is 0.0861. The average molecular weight is 392 g/mol. The molecule has 1 aliphatic rings. The molecule has 1 N–H and O–H groups in total. The van der Waals surface area contributed by atoms with E-state index in [9.17, 15) is 14.9 Å². The molecule has 1 aliphatic carbocycles. The number of aryl methyl sites for hydroxylation is 1. The Morgan fingerprint density at radius 1 is 1.17 bits per heavy atom. The number of hydrogen-bond donors (Lipinski definition) is 1. The number of rotatable bonds is 6. The molecule has 0 unspecified atom stereocenters. The minimum atomic E-state index is -0.502. The van der Waals surface area contributed by atoms with Crippen molar-refractivity contribution in [1.82, 2.24) is 15.1 Å². The van der Waals surface area contributed by atoms with E-state index in [4.69, 9.17) is 4.74 Å². The SMILES string of the molecule is Cc1ccc(-n2nc(C(=O)NC3CC3)c(C)c2Oc2ccccc2[N+](=O)[O-])cc1. The molecule has 8 nitrogen and oxygen atoms in total. The van der Waals surface area contributed by atoms with E-state index < -0.39 is 4.92 Å². The van der Waals surface area contributed by atoms with Gasteiger partial charge in [-0.25, -0.2) is 0 Å². The molecule has 4 rings (SSSR count). The summed E-state index contributed by atoms with van der Waals surface area (Å²) in [6, 6.07) is 13.9. The molecule has 1 saturated carbocycles. The van der Waals surface area contributed by atoms with Crippen LogP contribution in [0.25, 0.3) is 5.69 Å². The molecule has 2 aromatic carbocycles. The van der Waals surface area contributed by atoms with E-state index in [0.717, 1.165) is 18.4 Å². The van der Waals surface area contributed by atoms with E-state index in [0.29, 0.717) is 11.3 Å². The van der Waals surface area contributed by atoms with Crippen LogP contribution in [0.5, 0.6) is 11.6 Å². The summed E-state index contributed by atoms with van der Waals surface area (Å²) in [5, 5.41) is 18.8. The van der Waals surface area contributed by atoms with E-state index in [1.807, 2.05) is 31.2 Å². The topological polar surface area (TPSA) is 99.3 Å². The van der Waals surface area contributed by atoms with E-state index >= 15 is 0 Å². The number of nitro groups is 1. The molecule has 0 radical (unpaired) electrons. The summed E-state index contributed by atoms with van der Waals surface area (Å²) in [7, 11) is 0. The molecule has 148 valence electrons. The second-order valence-corrected chi connectivity index (χ2v) is 7.10. The Bertz CT molecular complexity index is 1080. The molecule has 0 spiro atoms. The molecule has 1 aromatic heterocycles. The van der Waals surface area contributed by atoms with Gasteiger partial charge in [-0.3, -0.25) is 14.9 Å². The number of carbonyl (C=O) groups is 1. The lowest BCUT2D eigenvalue weighted by Gasteiger charge is -2.10. The summed E-state index contributed by atoms with van der Waals surface area (Å²) in [5.74, 6) is 0.0791. The first-order valence-electron chi connectivity index (χ1n) is 9.33. The van der Waals surface area contributed by atoms with E-state index in [1.54, 1.807) is 19.1 Å². The summed E-state index contributed by atoms with van der Waals surface area (Å²) in [6.45, 7) is 3.70. The predicted molar refractivity (Wildman–Crippen MR) is 107 cm³/mol. The van der Waals surface area contributed by atoms with Crippen LogP contribution in [0.2, 0.25) is 0 Å². The van der Waals surface area contributed by atoms with E-state index in [-0.39, 0.29) is 35.0 Å². The number of para-hydroxylation sites is 2. The van der Waals surface area contributed by atoms with Crippen molar-refractivity contribution in [3.8, 4) is 17.3 Å². The van der Waals surface area contributed by atoms with E-state index in [2.05, 4.69) is 10.4 Å². The molecule has 0 atom stereocenters. The van der Waals surface area contributed by atoms with Crippen LogP contribution in [-0.4, -0.2) is 26.7 Å². The van der Waals surface area contributed by atoms with Crippen molar-refractivity contribution in [2.24, 2.45) is 0 Å².